The van der Waals surface area contributed by atoms with Crippen LogP contribution in [0.5, 0.6) is 0 Å². The smallest absolute Gasteiger partial charge is 0.172 e. The highest BCUT2D eigenvalue weighted by atomic mass is 16.7. The van der Waals surface area contributed by atoms with Crippen LogP contribution in [0, 0.1) is 0 Å². The normalized spacial score (nSPS) is 14.2. The van der Waals surface area contributed by atoms with Crippen LogP contribution in [0.1, 0.15) is 47.5 Å². The van der Waals surface area contributed by atoms with Gasteiger partial charge in [-0.25, -0.2) is 0 Å². The summed E-state index contributed by atoms with van der Waals surface area (Å²) in [5.74, 6) is 0. The number of rotatable bonds is 11. The Kier molecular flexibility index (Phi) is 9.64. The van der Waals surface area contributed by atoms with Crippen molar-refractivity contribution in [1.29, 1.82) is 0 Å². The van der Waals surface area contributed by atoms with E-state index >= 15 is 0 Å². The number of ether oxygens (including phenoxy) is 3. The van der Waals surface area contributed by atoms with E-state index in [1.807, 2.05) is 13.8 Å². The number of likely N-dealkylation sites (N-methyl/N-ethyl adjacent to an activating group) is 1. The molecule has 4 heteroatoms. The van der Waals surface area contributed by atoms with Crippen LogP contribution >= 0.6 is 0 Å². The molecule has 0 aliphatic heterocycles. The third-order valence-corrected chi connectivity index (χ3v) is 3.07. The number of hydrogen-bond acceptors (Lipinski definition) is 4. The molecule has 1 N–H and O–H groups in total. The quantitative estimate of drug-likeness (QED) is 0.580. The van der Waals surface area contributed by atoms with E-state index < -0.39 is 0 Å². The van der Waals surface area contributed by atoms with E-state index in [0.717, 1.165) is 19.4 Å². The predicted molar refractivity (Wildman–Crippen MR) is 74.8 cm³/mol. The maximum atomic E-state index is 5.67. The molecule has 0 aromatic heterocycles. The highest BCUT2D eigenvalue weighted by molar-refractivity contribution is 4.76. The molecule has 0 aliphatic carbocycles. The van der Waals surface area contributed by atoms with E-state index in [9.17, 15) is 0 Å². The van der Waals surface area contributed by atoms with Gasteiger partial charge in [0.2, 0.25) is 0 Å². The summed E-state index contributed by atoms with van der Waals surface area (Å²) >= 11 is 0. The average molecular weight is 261 g/mol. The first-order valence-corrected chi connectivity index (χ1v) is 7.02. The second kappa shape index (κ2) is 9.73. The average Bonchev–Trinajstić information content (AvgIpc) is 2.34. The third-order valence-electron chi connectivity index (χ3n) is 3.07. The van der Waals surface area contributed by atoms with Crippen molar-refractivity contribution in [3.63, 3.8) is 0 Å². The molecule has 0 bridgehead atoms. The first kappa shape index (κ1) is 17.8. The molecule has 0 heterocycles. The van der Waals surface area contributed by atoms with Crippen LogP contribution in [-0.4, -0.2) is 44.8 Å². The molecule has 0 aromatic rings. The molecule has 0 radical (unpaired) electrons. The molecule has 0 spiro atoms. The molecule has 0 aliphatic rings. The minimum absolute atomic E-state index is 0.101. The molecule has 1 atom stereocenters. The lowest BCUT2D eigenvalue weighted by Crippen LogP contribution is -2.44. The van der Waals surface area contributed by atoms with Gasteiger partial charge in [0.05, 0.1) is 11.6 Å². The van der Waals surface area contributed by atoms with Crippen LogP contribution in [0.3, 0.4) is 0 Å². The lowest BCUT2D eigenvalue weighted by atomic mass is 9.98. The van der Waals surface area contributed by atoms with Crippen LogP contribution in [0.2, 0.25) is 0 Å². The van der Waals surface area contributed by atoms with Gasteiger partial charge in [-0.1, -0.05) is 6.92 Å². The second-order valence-corrected chi connectivity index (χ2v) is 4.95. The summed E-state index contributed by atoms with van der Waals surface area (Å²) in [6.07, 6.45) is 1.77. The maximum Gasteiger partial charge on any atom is 0.172 e. The van der Waals surface area contributed by atoms with Gasteiger partial charge in [0.25, 0.3) is 0 Å². The fourth-order valence-corrected chi connectivity index (χ4v) is 1.81. The molecule has 0 saturated heterocycles. The van der Waals surface area contributed by atoms with Crippen LogP contribution in [0.4, 0.5) is 0 Å². The number of hydrogen-bond donors (Lipinski definition) is 1. The summed E-state index contributed by atoms with van der Waals surface area (Å²) < 4.78 is 16.8. The Bertz CT molecular complexity index is 191. The summed E-state index contributed by atoms with van der Waals surface area (Å²) in [5.41, 5.74) is -0.101. The van der Waals surface area contributed by atoms with Crippen LogP contribution < -0.4 is 5.32 Å². The maximum absolute atomic E-state index is 5.67. The van der Waals surface area contributed by atoms with E-state index in [1.54, 1.807) is 7.11 Å². The zero-order valence-electron chi connectivity index (χ0n) is 12.9. The highest BCUT2D eigenvalue weighted by Crippen LogP contribution is 2.19. The highest BCUT2D eigenvalue weighted by Gasteiger charge is 2.25. The van der Waals surface area contributed by atoms with Gasteiger partial charge in [0.1, 0.15) is 0 Å². The minimum Gasteiger partial charge on any atom is -0.379 e. The molecule has 110 valence electrons. The molecule has 18 heavy (non-hydrogen) atoms. The zero-order chi connectivity index (χ0) is 14.0. The third kappa shape index (κ3) is 7.31. The second-order valence-electron chi connectivity index (χ2n) is 4.95. The molecule has 4 nitrogen and oxygen atoms in total. The van der Waals surface area contributed by atoms with Crippen molar-refractivity contribution in [2.75, 3.05) is 26.9 Å². The molecular formula is C14H31NO3. The van der Waals surface area contributed by atoms with E-state index in [2.05, 4.69) is 26.1 Å². The van der Waals surface area contributed by atoms with Crippen molar-refractivity contribution >= 4 is 0 Å². The van der Waals surface area contributed by atoms with Crippen LogP contribution in [0.25, 0.3) is 0 Å². The summed E-state index contributed by atoms with van der Waals surface area (Å²) in [4.78, 5) is 0. The summed E-state index contributed by atoms with van der Waals surface area (Å²) in [5, 5.41) is 3.44. The SMILES string of the molecule is CCNC(CCC(C)(C)OC)C(OCC)OCC. The Balaban J connectivity index is 4.40. The van der Waals surface area contributed by atoms with Gasteiger partial charge >= 0.3 is 0 Å². The monoisotopic (exact) mass is 261 g/mol. The van der Waals surface area contributed by atoms with Gasteiger partial charge in [-0.2, -0.15) is 0 Å². The van der Waals surface area contributed by atoms with Crippen LogP contribution in [0.15, 0.2) is 0 Å². The first-order chi connectivity index (χ1) is 8.50. The van der Waals surface area contributed by atoms with Crippen molar-refractivity contribution in [3.8, 4) is 0 Å². The van der Waals surface area contributed by atoms with Crippen molar-refractivity contribution < 1.29 is 14.2 Å². The molecule has 1 unspecified atom stereocenters. The van der Waals surface area contributed by atoms with Crippen molar-refractivity contribution in [3.05, 3.63) is 0 Å². The Morgan fingerprint density at radius 3 is 2.00 bits per heavy atom. The van der Waals surface area contributed by atoms with Crippen LogP contribution in [-0.2, 0) is 14.2 Å². The molecule has 0 aromatic carbocycles. The van der Waals surface area contributed by atoms with E-state index in [1.165, 1.54) is 0 Å². The lowest BCUT2D eigenvalue weighted by Gasteiger charge is -2.30. The topological polar surface area (TPSA) is 39.7 Å². The van der Waals surface area contributed by atoms with Gasteiger partial charge in [0, 0.05) is 20.3 Å². The Morgan fingerprint density at radius 2 is 1.61 bits per heavy atom. The van der Waals surface area contributed by atoms with Gasteiger partial charge in [-0.15, -0.1) is 0 Å². The van der Waals surface area contributed by atoms with E-state index in [0.29, 0.717) is 13.2 Å². The van der Waals surface area contributed by atoms with Crippen molar-refractivity contribution in [1.82, 2.24) is 5.32 Å². The summed E-state index contributed by atoms with van der Waals surface area (Å²) in [6.45, 7) is 12.5. The van der Waals surface area contributed by atoms with Gasteiger partial charge < -0.3 is 19.5 Å². The predicted octanol–water partition coefficient (Wildman–Crippen LogP) is 2.57. The minimum atomic E-state index is -0.174. The Morgan fingerprint density at radius 1 is 1.06 bits per heavy atom. The fourth-order valence-electron chi connectivity index (χ4n) is 1.81. The van der Waals surface area contributed by atoms with E-state index in [4.69, 9.17) is 14.2 Å². The molecule has 0 fully saturated rings. The number of methoxy groups -OCH3 is 1. The largest absolute Gasteiger partial charge is 0.379 e. The molecule has 0 rings (SSSR count). The molecular weight excluding hydrogens is 230 g/mol. The number of nitrogens with one attached hydrogen (secondary N) is 1. The summed E-state index contributed by atoms with van der Waals surface area (Å²) in [7, 11) is 1.75. The van der Waals surface area contributed by atoms with Gasteiger partial charge in [-0.05, 0) is 47.1 Å². The lowest BCUT2D eigenvalue weighted by molar-refractivity contribution is -0.156. The standard InChI is InChI=1S/C14H31NO3/c1-7-15-12(10-11-14(4,5)16-6)13(17-8-2)18-9-3/h12-13,15H,7-11H2,1-6H3. The van der Waals surface area contributed by atoms with Gasteiger partial charge in [0.15, 0.2) is 6.29 Å². The fraction of sp³-hybridized carbons (Fsp3) is 1.00. The molecule has 0 saturated carbocycles. The Labute approximate surface area is 112 Å². The zero-order valence-corrected chi connectivity index (χ0v) is 12.9. The first-order valence-electron chi connectivity index (χ1n) is 7.02. The van der Waals surface area contributed by atoms with Crippen molar-refractivity contribution in [2.45, 2.75) is 65.4 Å². The Hall–Kier alpha value is -0.160. The van der Waals surface area contributed by atoms with E-state index in [-0.39, 0.29) is 17.9 Å². The van der Waals surface area contributed by atoms with Crippen molar-refractivity contribution in [2.24, 2.45) is 0 Å². The van der Waals surface area contributed by atoms with Gasteiger partial charge in [-0.3, -0.25) is 0 Å². The summed E-state index contributed by atoms with van der Waals surface area (Å²) in [6, 6.07) is 0.212. The molecule has 0 amide bonds.